The fourth-order valence-electron chi connectivity index (χ4n) is 9.71. The van der Waals surface area contributed by atoms with Crippen LogP contribution in [0.25, 0.3) is 0 Å². The zero-order valence-corrected chi connectivity index (χ0v) is 23.5. The summed E-state index contributed by atoms with van der Waals surface area (Å²) in [6, 6.07) is 3.96. The molecule has 0 aromatic heterocycles. The molecule has 0 radical (unpaired) electrons. The van der Waals surface area contributed by atoms with Crippen molar-refractivity contribution in [3.63, 3.8) is 0 Å². The smallest absolute Gasteiger partial charge is 0.308 e. The van der Waals surface area contributed by atoms with E-state index in [1.165, 1.54) is 25.8 Å². The Kier molecular flexibility index (Phi) is 5.85. The molecule has 1 heterocycles. The van der Waals surface area contributed by atoms with Gasteiger partial charge in [-0.25, -0.2) is 0 Å². The van der Waals surface area contributed by atoms with Gasteiger partial charge in [0.2, 0.25) is 0 Å². The van der Waals surface area contributed by atoms with Gasteiger partial charge < -0.3 is 14.2 Å². The number of esters is 2. The van der Waals surface area contributed by atoms with Gasteiger partial charge in [-0.05, 0) is 86.3 Å². The highest BCUT2D eigenvalue weighted by Gasteiger charge is 2.70. The van der Waals surface area contributed by atoms with E-state index in [1.54, 1.807) is 0 Å². The van der Waals surface area contributed by atoms with E-state index in [9.17, 15) is 9.59 Å². The average molecular weight is 497 g/mol. The van der Waals surface area contributed by atoms with E-state index in [1.807, 2.05) is 12.1 Å². The quantitative estimate of drug-likeness (QED) is 0.332. The van der Waals surface area contributed by atoms with Crippen LogP contribution in [0.1, 0.15) is 98.1 Å². The fraction of sp³-hybridized carbons (Fsp3) is 0.742. The van der Waals surface area contributed by atoms with Crippen molar-refractivity contribution in [1.29, 1.82) is 0 Å². The van der Waals surface area contributed by atoms with Crippen LogP contribution in [0.5, 0.6) is 11.5 Å². The molecule has 0 bridgehead atoms. The van der Waals surface area contributed by atoms with Crippen molar-refractivity contribution < 1.29 is 23.8 Å². The highest BCUT2D eigenvalue weighted by atomic mass is 16.5. The van der Waals surface area contributed by atoms with Gasteiger partial charge in [0.15, 0.2) is 0 Å². The molecule has 5 heteroatoms. The Morgan fingerprint density at radius 3 is 2.33 bits per heavy atom. The van der Waals surface area contributed by atoms with E-state index >= 15 is 0 Å². The van der Waals surface area contributed by atoms with Gasteiger partial charge in [0.1, 0.15) is 23.2 Å². The van der Waals surface area contributed by atoms with Crippen LogP contribution >= 0.6 is 0 Å². The van der Waals surface area contributed by atoms with E-state index in [0.717, 1.165) is 49.8 Å². The zero-order chi connectivity index (χ0) is 26.3. The first-order valence-electron chi connectivity index (χ1n) is 13.9. The molecule has 1 aromatic carbocycles. The summed E-state index contributed by atoms with van der Waals surface area (Å²) in [6.07, 6.45) is 7.49. The molecule has 7 atom stereocenters. The minimum Gasteiger partial charge on any atom is -0.486 e. The Labute approximate surface area is 216 Å². The van der Waals surface area contributed by atoms with Crippen LogP contribution in [0.15, 0.2) is 12.1 Å². The second kappa shape index (κ2) is 8.23. The van der Waals surface area contributed by atoms with Gasteiger partial charge >= 0.3 is 11.9 Å². The highest BCUT2D eigenvalue weighted by Crippen LogP contribution is 2.72. The molecule has 0 N–H and O–H groups in total. The number of benzene rings is 1. The SMILES string of the molecule is CC(=O)Oc1cc(C)c2c(c1)C[C@]1(O2)[C@@H](C)CC[C@@H]2[C@@]3(C)CC[C@H](OC(C)=O)C(C)(C)[C@@H]3CC[C@]21C. The Morgan fingerprint density at radius 2 is 1.67 bits per heavy atom. The molecule has 4 aliphatic rings. The van der Waals surface area contributed by atoms with Gasteiger partial charge in [-0.1, -0.05) is 34.6 Å². The van der Waals surface area contributed by atoms with Crippen molar-refractivity contribution >= 4 is 11.9 Å². The van der Waals surface area contributed by atoms with E-state index in [0.29, 0.717) is 23.5 Å². The number of fused-ring (bicyclic) bond motifs is 5. The third kappa shape index (κ3) is 3.47. The molecule has 0 saturated heterocycles. The zero-order valence-electron chi connectivity index (χ0n) is 23.5. The molecule has 3 fully saturated rings. The second-order valence-electron chi connectivity index (χ2n) is 13.5. The first-order valence-corrected chi connectivity index (χ1v) is 13.9. The van der Waals surface area contributed by atoms with Crippen molar-refractivity contribution in [3.05, 3.63) is 23.3 Å². The molecule has 198 valence electrons. The molecule has 0 amide bonds. The molecule has 1 aromatic rings. The summed E-state index contributed by atoms with van der Waals surface area (Å²) in [6.45, 7) is 17.1. The normalized spacial score (nSPS) is 40.4. The third-order valence-corrected chi connectivity index (χ3v) is 11.3. The Morgan fingerprint density at radius 1 is 0.944 bits per heavy atom. The lowest BCUT2D eigenvalue weighted by atomic mass is 9.37. The van der Waals surface area contributed by atoms with Crippen LogP contribution in [-0.2, 0) is 20.7 Å². The molecule has 5 rings (SSSR count). The molecule has 5 nitrogen and oxygen atoms in total. The van der Waals surface area contributed by atoms with E-state index < -0.39 is 0 Å². The van der Waals surface area contributed by atoms with E-state index in [4.69, 9.17) is 14.2 Å². The number of rotatable bonds is 2. The minimum absolute atomic E-state index is 0.0109. The number of ether oxygens (including phenoxy) is 3. The summed E-state index contributed by atoms with van der Waals surface area (Å²) in [5, 5.41) is 0. The molecular formula is C31H44O5. The summed E-state index contributed by atoms with van der Waals surface area (Å²) in [4.78, 5) is 23.5. The average Bonchev–Trinajstić information content (AvgIpc) is 3.15. The Bertz CT molecular complexity index is 1090. The minimum atomic E-state index is -0.292. The maximum atomic E-state index is 11.9. The molecule has 1 spiro atoms. The summed E-state index contributed by atoms with van der Waals surface area (Å²) in [5.41, 5.74) is 2.12. The summed E-state index contributed by atoms with van der Waals surface area (Å²) < 4.78 is 18.5. The number of hydrogen-bond acceptors (Lipinski definition) is 5. The Hall–Kier alpha value is -2.04. The van der Waals surface area contributed by atoms with E-state index in [2.05, 4.69) is 41.5 Å². The maximum Gasteiger partial charge on any atom is 0.308 e. The number of aryl methyl sites for hydroxylation is 1. The van der Waals surface area contributed by atoms with Crippen LogP contribution in [-0.4, -0.2) is 23.6 Å². The van der Waals surface area contributed by atoms with Crippen LogP contribution in [0, 0.1) is 40.9 Å². The molecule has 0 unspecified atom stereocenters. The molecule has 36 heavy (non-hydrogen) atoms. The molecule has 3 saturated carbocycles. The van der Waals surface area contributed by atoms with Gasteiger partial charge in [-0.15, -0.1) is 0 Å². The third-order valence-electron chi connectivity index (χ3n) is 11.3. The van der Waals surface area contributed by atoms with Crippen molar-refractivity contribution in [2.45, 2.75) is 112 Å². The summed E-state index contributed by atoms with van der Waals surface area (Å²) in [7, 11) is 0. The second-order valence-corrected chi connectivity index (χ2v) is 13.5. The van der Waals surface area contributed by atoms with Gasteiger partial charge in [0.05, 0.1) is 0 Å². The van der Waals surface area contributed by atoms with Gasteiger partial charge in [0.25, 0.3) is 0 Å². The van der Waals surface area contributed by atoms with Crippen LogP contribution < -0.4 is 9.47 Å². The predicted octanol–water partition coefficient (Wildman–Crippen LogP) is 6.81. The first kappa shape index (κ1) is 25.6. The fourth-order valence-corrected chi connectivity index (χ4v) is 9.71. The van der Waals surface area contributed by atoms with Crippen molar-refractivity contribution in [2.75, 3.05) is 0 Å². The van der Waals surface area contributed by atoms with E-state index in [-0.39, 0.29) is 39.9 Å². The molecule has 1 aliphatic heterocycles. The topological polar surface area (TPSA) is 61.8 Å². The standard InChI is InChI=1S/C31H44O5/c1-18-15-23(34-20(3)32)16-22-17-31(36-27(18)22)19(2)9-10-25-29(7)13-12-26(35-21(4)33)28(5,6)24(29)11-14-30(25,31)8/h15-16,19,24-26H,9-14,17H2,1-8H3/t19-,24-,25+,26-,29-,30+,31-/m0/s1. The Balaban J connectivity index is 1.52. The summed E-state index contributed by atoms with van der Waals surface area (Å²) in [5.74, 6) is 2.64. The van der Waals surface area contributed by atoms with Crippen molar-refractivity contribution in [3.8, 4) is 11.5 Å². The number of carbonyl (C=O) groups is 2. The van der Waals surface area contributed by atoms with Crippen LogP contribution in [0.3, 0.4) is 0 Å². The number of hydrogen-bond donors (Lipinski definition) is 0. The van der Waals surface area contributed by atoms with Crippen molar-refractivity contribution in [1.82, 2.24) is 0 Å². The van der Waals surface area contributed by atoms with Crippen molar-refractivity contribution in [2.24, 2.45) is 34.0 Å². The monoisotopic (exact) mass is 496 g/mol. The van der Waals surface area contributed by atoms with Gasteiger partial charge in [-0.2, -0.15) is 0 Å². The highest BCUT2D eigenvalue weighted by molar-refractivity contribution is 5.70. The maximum absolute atomic E-state index is 11.9. The molecular weight excluding hydrogens is 452 g/mol. The first-order chi connectivity index (χ1) is 16.7. The lowest BCUT2D eigenvalue weighted by Gasteiger charge is -2.69. The number of carbonyl (C=O) groups excluding carboxylic acids is 2. The lowest BCUT2D eigenvalue weighted by molar-refractivity contribution is -0.241. The van der Waals surface area contributed by atoms with Gasteiger partial charge in [0, 0.05) is 36.7 Å². The van der Waals surface area contributed by atoms with Gasteiger partial charge in [-0.3, -0.25) is 9.59 Å². The lowest BCUT2D eigenvalue weighted by Crippen LogP contribution is -2.68. The van der Waals surface area contributed by atoms with Crippen LogP contribution in [0.4, 0.5) is 0 Å². The largest absolute Gasteiger partial charge is 0.486 e. The summed E-state index contributed by atoms with van der Waals surface area (Å²) >= 11 is 0. The predicted molar refractivity (Wildman–Crippen MR) is 139 cm³/mol. The molecule has 3 aliphatic carbocycles. The van der Waals surface area contributed by atoms with Crippen LogP contribution in [0.2, 0.25) is 0 Å².